The van der Waals surface area contributed by atoms with Crippen molar-refractivity contribution in [1.82, 2.24) is 5.32 Å². The van der Waals surface area contributed by atoms with Crippen LogP contribution in [0.15, 0.2) is 11.8 Å². The van der Waals surface area contributed by atoms with Gasteiger partial charge in [0.1, 0.15) is 5.84 Å². The van der Waals surface area contributed by atoms with Crippen LogP contribution in [0.3, 0.4) is 0 Å². The number of amidine groups is 1. The van der Waals surface area contributed by atoms with Crippen LogP contribution in [0, 0.1) is 5.41 Å². The molecule has 3 nitrogen and oxygen atoms in total. The second kappa shape index (κ2) is 5.77. The Balaban J connectivity index is 3.51. The van der Waals surface area contributed by atoms with Crippen LogP contribution >= 0.6 is 0 Å². The van der Waals surface area contributed by atoms with E-state index < -0.39 is 0 Å². The summed E-state index contributed by atoms with van der Waals surface area (Å²) in [7, 11) is 0. The second-order valence-corrected chi connectivity index (χ2v) is 2.56. The largest absolute Gasteiger partial charge is 0.388 e. The van der Waals surface area contributed by atoms with Crippen molar-refractivity contribution in [2.75, 3.05) is 6.54 Å². The number of nitrogens with two attached hydrogens (primary N) is 1. The molecule has 0 heterocycles. The quantitative estimate of drug-likeness (QED) is 0.317. The Bertz CT molecular complexity index is 149. The molecule has 0 aromatic carbocycles. The summed E-state index contributed by atoms with van der Waals surface area (Å²) in [6.45, 7) is 5.02. The lowest BCUT2D eigenvalue weighted by Crippen LogP contribution is -2.15. The Morgan fingerprint density at radius 2 is 2.27 bits per heavy atom. The summed E-state index contributed by atoms with van der Waals surface area (Å²) in [6.07, 6.45) is 3.96. The predicted octanol–water partition coefficient (Wildman–Crippen LogP) is 1.22. The lowest BCUT2D eigenvalue weighted by atomic mass is 10.3. The van der Waals surface area contributed by atoms with Gasteiger partial charge in [-0.3, -0.25) is 5.41 Å². The van der Waals surface area contributed by atoms with Gasteiger partial charge >= 0.3 is 0 Å². The molecule has 0 aliphatic rings. The smallest absolute Gasteiger partial charge is 0.117 e. The second-order valence-electron chi connectivity index (χ2n) is 2.56. The summed E-state index contributed by atoms with van der Waals surface area (Å²) in [5.74, 6) is 0.103. The third-order valence-corrected chi connectivity index (χ3v) is 1.31. The molecule has 0 aromatic heterocycles. The van der Waals surface area contributed by atoms with Gasteiger partial charge in [0.2, 0.25) is 0 Å². The maximum absolute atomic E-state index is 6.97. The van der Waals surface area contributed by atoms with E-state index in [1.807, 2.05) is 6.92 Å². The van der Waals surface area contributed by atoms with Crippen LogP contribution in [0.25, 0.3) is 0 Å². The molecule has 0 spiro atoms. The Morgan fingerprint density at radius 1 is 1.64 bits per heavy atom. The van der Waals surface area contributed by atoms with E-state index in [-0.39, 0.29) is 5.84 Å². The fraction of sp³-hybridized carbons (Fsp3) is 0.625. The van der Waals surface area contributed by atoms with Crippen molar-refractivity contribution in [2.45, 2.75) is 26.7 Å². The highest BCUT2D eigenvalue weighted by molar-refractivity contribution is 5.88. The summed E-state index contributed by atoms with van der Waals surface area (Å²) in [5, 5.41) is 10.1. The molecule has 0 radical (unpaired) electrons. The van der Waals surface area contributed by atoms with Gasteiger partial charge in [-0.05, 0) is 19.4 Å². The Labute approximate surface area is 68.2 Å². The zero-order valence-electron chi connectivity index (χ0n) is 7.28. The standard InChI is InChI=1S/C8H17N3/c1-3-4-5-11-7(2)6-8(9)10/h6,11H,3-5H2,1-2H3,(H3,9,10)/b7-6-. The van der Waals surface area contributed by atoms with E-state index in [1.54, 1.807) is 6.08 Å². The lowest BCUT2D eigenvalue weighted by molar-refractivity contribution is 0.711. The van der Waals surface area contributed by atoms with E-state index in [0.29, 0.717) is 0 Å². The molecule has 0 bridgehead atoms. The highest BCUT2D eigenvalue weighted by Gasteiger charge is 1.87. The van der Waals surface area contributed by atoms with E-state index in [1.165, 1.54) is 6.42 Å². The first kappa shape index (κ1) is 10.0. The molecule has 0 aromatic rings. The molecule has 0 aliphatic heterocycles. The summed E-state index contributed by atoms with van der Waals surface area (Å²) in [5.41, 5.74) is 6.13. The minimum atomic E-state index is 0.103. The van der Waals surface area contributed by atoms with E-state index in [9.17, 15) is 0 Å². The van der Waals surface area contributed by atoms with Crippen LogP contribution in [-0.4, -0.2) is 12.4 Å². The predicted molar refractivity (Wildman–Crippen MR) is 48.6 cm³/mol. The SMILES string of the molecule is CCCCN/C(C)=C\C(=N)N. The monoisotopic (exact) mass is 155 g/mol. The zero-order valence-corrected chi connectivity index (χ0v) is 7.28. The first-order chi connectivity index (χ1) is 5.16. The van der Waals surface area contributed by atoms with Gasteiger partial charge in [0, 0.05) is 12.2 Å². The number of unbranched alkanes of at least 4 members (excludes halogenated alkanes) is 1. The molecule has 4 N–H and O–H groups in total. The van der Waals surface area contributed by atoms with Gasteiger partial charge in [-0.1, -0.05) is 13.3 Å². The molecule has 0 aliphatic carbocycles. The lowest BCUT2D eigenvalue weighted by Gasteiger charge is -2.03. The van der Waals surface area contributed by atoms with Gasteiger partial charge in [-0.15, -0.1) is 0 Å². The van der Waals surface area contributed by atoms with Gasteiger partial charge in [-0.2, -0.15) is 0 Å². The average molecular weight is 155 g/mol. The van der Waals surface area contributed by atoms with Gasteiger partial charge in [0.05, 0.1) is 0 Å². The van der Waals surface area contributed by atoms with E-state index in [4.69, 9.17) is 11.1 Å². The molecular weight excluding hydrogens is 138 g/mol. The summed E-state index contributed by atoms with van der Waals surface area (Å²) in [4.78, 5) is 0. The topological polar surface area (TPSA) is 61.9 Å². The van der Waals surface area contributed by atoms with Crippen LogP contribution in [-0.2, 0) is 0 Å². The van der Waals surface area contributed by atoms with Crippen molar-refractivity contribution >= 4 is 5.84 Å². The molecule has 64 valence electrons. The maximum Gasteiger partial charge on any atom is 0.117 e. The van der Waals surface area contributed by atoms with Gasteiger partial charge in [-0.25, -0.2) is 0 Å². The molecule has 0 saturated heterocycles. The van der Waals surface area contributed by atoms with E-state index in [2.05, 4.69) is 12.2 Å². The molecule has 0 unspecified atom stereocenters. The van der Waals surface area contributed by atoms with Crippen LogP contribution in [0.5, 0.6) is 0 Å². The molecule has 0 saturated carbocycles. The Kier molecular flexibility index (Phi) is 5.25. The van der Waals surface area contributed by atoms with Crippen molar-refractivity contribution < 1.29 is 0 Å². The summed E-state index contributed by atoms with van der Waals surface area (Å²) >= 11 is 0. The zero-order chi connectivity index (χ0) is 8.69. The Hall–Kier alpha value is -0.990. The normalized spacial score (nSPS) is 11.3. The minimum absolute atomic E-state index is 0.103. The van der Waals surface area contributed by atoms with Crippen LogP contribution in [0.4, 0.5) is 0 Å². The number of rotatable bonds is 5. The number of hydrogen-bond acceptors (Lipinski definition) is 2. The van der Waals surface area contributed by atoms with E-state index in [0.717, 1.165) is 18.7 Å². The van der Waals surface area contributed by atoms with Gasteiger partial charge in [0.25, 0.3) is 0 Å². The molecule has 0 amide bonds. The molecule has 3 heteroatoms. The molecular formula is C8H17N3. The molecule has 11 heavy (non-hydrogen) atoms. The fourth-order valence-electron chi connectivity index (χ4n) is 0.747. The third-order valence-electron chi connectivity index (χ3n) is 1.31. The number of allylic oxidation sites excluding steroid dienone is 1. The van der Waals surface area contributed by atoms with Crippen LogP contribution in [0.1, 0.15) is 26.7 Å². The minimum Gasteiger partial charge on any atom is -0.388 e. The van der Waals surface area contributed by atoms with E-state index >= 15 is 0 Å². The average Bonchev–Trinajstić information content (AvgIpc) is 1.86. The van der Waals surface area contributed by atoms with Crippen LogP contribution in [0.2, 0.25) is 0 Å². The molecule has 0 fully saturated rings. The van der Waals surface area contributed by atoms with Crippen molar-refractivity contribution in [1.29, 1.82) is 5.41 Å². The van der Waals surface area contributed by atoms with Crippen molar-refractivity contribution in [3.63, 3.8) is 0 Å². The highest BCUT2D eigenvalue weighted by atomic mass is 14.9. The van der Waals surface area contributed by atoms with Crippen molar-refractivity contribution in [2.24, 2.45) is 5.73 Å². The molecule has 0 atom stereocenters. The fourth-order valence-corrected chi connectivity index (χ4v) is 0.747. The van der Waals surface area contributed by atoms with Crippen molar-refractivity contribution in [3.8, 4) is 0 Å². The van der Waals surface area contributed by atoms with Gasteiger partial charge in [0.15, 0.2) is 0 Å². The van der Waals surface area contributed by atoms with Crippen LogP contribution < -0.4 is 11.1 Å². The highest BCUT2D eigenvalue weighted by Crippen LogP contribution is 1.88. The Morgan fingerprint density at radius 3 is 2.73 bits per heavy atom. The number of hydrogen-bond donors (Lipinski definition) is 3. The summed E-state index contributed by atoms with van der Waals surface area (Å²) in [6, 6.07) is 0. The van der Waals surface area contributed by atoms with Gasteiger partial charge < -0.3 is 11.1 Å². The first-order valence-electron chi connectivity index (χ1n) is 3.93. The summed E-state index contributed by atoms with van der Waals surface area (Å²) < 4.78 is 0. The third kappa shape index (κ3) is 6.90. The molecule has 0 rings (SSSR count). The first-order valence-corrected chi connectivity index (χ1v) is 3.93. The maximum atomic E-state index is 6.97. The van der Waals surface area contributed by atoms with Crippen molar-refractivity contribution in [3.05, 3.63) is 11.8 Å². The number of nitrogens with one attached hydrogen (secondary N) is 2.